The standard InChI is InChI=1S/C35H49N3O7/c1-4-7-17-28(40)44-24-26(25-15-11-9-12-16-25)36-32(41)29-27-18-19-35(45-27)30(29)33(42)38(22-13-10-14-23-39)31(35)34(43)37(20-6-3)21-8-5-2/h4,6,9,11-12,15-16,26-27,29-31,39H,1,3,5,7-8,10,13-14,17-24H2,2H3,(H,36,41)/t26-,27+,29-,30-,31+,35-/m1/s1. The summed E-state index contributed by atoms with van der Waals surface area (Å²) in [5.74, 6) is -2.72. The molecule has 2 N–H and O–H groups in total. The van der Waals surface area contributed by atoms with E-state index in [1.54, 1.807) is 22.0 Å². The lowest BCUT2D eigenvalue weighted by Crippen LogP contribution is -2.56. The minimum Gasteiger partial charge on any atom is -0.463 e. The average Bonchev–Trinajstić information content (AvgIpc) is 3.69. The van der Waals surface area contributed by atoms with Crippen molar-refractivity contribution in [2.24, 2.45) is 11.8 Å². The van der Waals surface area contributed by atoms with E-state index >= 15 is 0 Å². The van der Waals surface area contributed by atoms with Crippen molar-refractivity contribution in [3.63, 3.8) is 0 Å². The van der Waals surface area contributed by atoms with E-state index < -0.39 is 35.6 Å². The first-order valence-corrected chi connectivity index (χ1v) is 16.4. The predicted octanol–water partition coefficient (Wildman–Crippen LogP) is 3.71. The van der Waals surface area contributed by atoms with E-state index in [0.717, 1.165) is 18.4 Å². The minimum atomic E-state index is -1.09. The molecule has 6 atom stereocenters. The quantitative estimate of drug-likeness (QED) is 0.137. The predicted molar refractivity (Wildman–Crippen MR) is 170 cm³/mol. The first-order valence-electron chi connectivity index (χ1n) is 16.4. The van der Waals surface area contributed by atoms with Crippen molar-refractivity contribution < 1.29 is 33.8 Å². The summed E-state index contributed by atoms with van der Waals surface area (Å²) >= 11 is 0. The maximum atomic E-state index is 14.3. The summed E-state index contributed by atoms with van der Waals surface area (Å²) in [5.41, 5.74) is -0.323. The lowest BCUT2D eigenvalue weighted by atomic mass is 9.70. The van der Waals surface area contributed by atoms with Crippen molar-refractivity contribution in [1.29, 1.82) is 0 Å². The van der Waals surface area contributed by atoms with E-state index in [-0.39, 0.29) is 43.3 Å². The van der Waals surface area contributed by atoms with Gasteiger partial charge in [0.15, 0.2) is 0 Å². The van der Waals surface area contributed by atoms with Gasteiger partial charge >= 0.3 is 5.97 Å². The van der Waals surface area contributed by atoms with Crippen LogP contribution in [0.5, 0.6) is 0 Å². The number of carbonyl (C=O) groups excluding carboxylic acids is 4. The molecule has 3 saturated heterocycles. The highest BCUT2D eigenvalue weighted by Gasteiger charge is 2.74. The number of rotatable bonds is 19. The molecule has 0 unspecified atom stereocenters. The molecule has 0 aliphatic carbocycles. The molecule has 1 aromatic rings. The van der Waals surface area contributed by atoms with Crippen LogP contribution in [0.1, 0.15) is 76.3 Å². The number of nitrogens with zero attached hydrogens (tertiary/aromatic N) is 2. The number of esters is 1. The van der Waals surface area contributed by atoms with Gasteiger partial charge < -0.3 is 29.7 Å². The molecule has 246 valence electrons. The molecule has 2 bridgehead atoms. The average molecular weight is 624 g/mol. The summed E-state index contributed by atoms with van der Waals surface area (Å²) in [7, 11) is 0. The molecule has 3 heterocycles. The van der Waals surface area contributed by atoms with E-state index in [0.29, 0.717) is 58.2 Å². The minimum absolute atomic E-state index is 0.0558. The first kappa shape index (κ1) is 34.4. The lowest BCUT2D eigenvalue weighted by Gasteiger charge is -2.37. The molecule has 0 saturated carbocycles. The van der Waals surface area contributed by atoms with Gasteiger partial charge in [-0.15, -0.1) is 13.2 Å². The zero-order chi connectivity index (χ0) is 32.4. The molecule has 4 rings (SSSR count). The van der Waals surface area contributed by atoms with E-state index in [9.17, 15) is 24.3 Å². The molecule has 1 spiro atoms. The maximum Gasteiger partial charge on any atom is 0.306 e. The Balaban J connectivity index is 1.61. The highest BCUT2D eigenvalue weighted by atomic mass is 16.5. The molecule has 3 amide bonds. The van der Waals surface area contributed by atoms with Crippen LogP contribution in [0.4, 0.5) is 0 Å². The van der Waals surface area contributed by atoms with E-state index in [1.807, 2.05) is 30.3 Å². The van der Waals surface area contributed by atoms with E-state index in [1.165, 1.54) is 0 Å². The maximum absolute atomic E-state index is 14.3. The third-order valence-corrected chi connectivity index (χ3v) is 9.32. The Morgan fingerprint density at radius 2 is 1.96 bits per heavy atom. The van der Waals surface area contributed by atoms with Crippen molar-refractivity contribution in [3.8, 4) is 0 Å². The summed E-state index contributed by atoms with van der Waals surface area (Å²) in [5, 5.41) is 12.4. The fraction of sp³-hybridized carbons (Fsp3) is 0.600. The van der Waals surface area contributed by atoms with Gasteiger partial charge in [-0.25, -0.2) is 0 Å². The highest BCUT2D eigenvalue weighted by molar-refractivity contribution is 5.99. The van der Waals surface area contributed by atoms with Crippen molar-refractivity contribution in [2.75, 3.05) is 32.8 Å². The number of allylic oxidation sites excluding steroid dienone is 1. The number of aliphatic hydroxyl groups is 1. The Morgan fingerprint density at radius 3 is 2.64 bits per heavy atom. The monoisotopic (exact) mass is 623 g/mol. The van der Waals surface area contributed by atoms with Crippen LogP contribution in [-0.2, 0) is 28.7 Å². The number of hydrogen-bond acceptors (Lipinski definition) is 7. The number of hydrogen-bond donors (Lipinski definition) is 2. The van der Waals surface area contributed by atoms with Crippen LogP contribution in [0.2, 0.25) is 0 Å². The number of fused-ring (bicyclic) bond motifs is 1. The Kier molecular flexibility index (Phi) is 12.4. The van der Waals surface area contributed by atoms with Crippen LogP contribution >= 0.6 is 0 Å². The Morgan fingerprint density at radius 1 is 1.18 bits per heavy atom. The molecule has 3 aliphatic heterocycles. The number of nitrogens with one attached hydrogen (secondary N) is 1. The van der Waals surface area contributed by atoms with Gasteiger partial charge in [-0.05, 0) is 50.5 Å². The number of carbonyl (C=O) groups is 4. The van der Waals surface area contributed by atoms with E-state index in [2.05, 4.69) is 25.4 Å². The fourth-order valence-electron chi connectivity index (χ4n) is 7.16. The SMILES string of the molecule is C=CCCC(=O)OC[C@@H](NC(=O)[C@@H]1[C@@H]2CC[C@]3(O2)[C@H](C(=O)N(CC=C)CCCC)N(CCCCCO)C(=O)[C@@H]13)c1ccccc1. The third kappa shape index (κ3) is 7.49. The van der Waals surface area contributed by atoms with Crippen LogP contribution in [0.3, 0.4) is 0 Å². The van der Waals surface area contributed by atoms with Gasteiger partial charge in [-0.3, -0.25) is 19.2 Å². The van der Waals surface area contributed by atoms with Gasteiger partial charge in [-0.1, -0.05) is 55.8 Å². The van der Waals surface area contributed by atoms with Gasteiger partial charge in [0, 0.05) is 32.7 Å². The number of unbranched alkanes of at least 4 members (excludes halogenated alkanes) is 3. The van der Waals surface area contributed by atoms with Crippen molar-refractivity contribution in [3.05, 3.63) is 61.2 Å². The molecule has 0 aromatic heterocycles. The Bertz CT molecular complexity index is 1210. The molecule has 45 heavy (non-hydrogen) atoms. The number of amides is 3. The van der Waals surface area contributed by atoms with Crippen molar-refractivity contribution >= 4 is 23.7 Å². The van der Waals surface area contributed by atoms with Crippen molar-refractivity contribution in [1.82, 2.24) is 15.1 Å². The number of likely N-dealkylation sites (tertiary alicyclic amines) is 1. The second-order valence-corrected chi connectivity index (χ2v) is 12.3. The molecule has 10 heteroatoms. The molecular formula is C35H49N3O7. The summed E-state index contributed by atoms with van der Waals surface area (Å²) < 4.78 is 12.1. The summed E-state index contributed by atoms with van der Waals surface area (Å²) in [6.45, 7) is 10.8. The first-order chi connectivity index (χ1) is 21.8. The molecule has 3 fully saturated rings. The zero-order valence-electron chi connectivity index (χ0n) is 26.5. The van der Waals surface area contributed by atoms with Gasteiger partial charge in [0.05, 0.1) is 24.0 Å². The molecule has 1 aromatic carbocycles. The second kappa shape index (κ2) is 16.2. The number of ether oxygens (including phenoxy) is 2. The van der Waals surface area contributed by atoms with Crippen LogP contribution in [-0.4, -0.2) is 89.2 Å². The number of benzene rings is 1. The summed E-state index contributed by atoms with van der Waals surface area (Å²) in [6.07, 6.45) is 8.29. The van der Waals surface area contributed by atoms with Crippen LogP contribution in [0.15, 0.2) is 55.6 Å². The Labute approximate surface area is 266 Å². The van der Waals surface area contributed by atoms with Gasteiger partial charge in [0.1, 0.15) is 18.2 Å². The molecule has 10 nitrogen and oxygen atoms in total. The van der Waals surface area contributed by atoms with Gasteiger partial charge in [0.2, 0.25) is 17.7 Å². The smallest absolute Gasteiger partial charge is 0.306 e. The summed E-state index contributed by atoms with van der Waals surface area (Å²) in [6, 6.07) is 7.82. The molecular weight excluding hydrogens is 574 g/mol. The van der Waals surface area contributed by atoms with Gasteiger partial charge in [0.25, 0.3) is 0 Å². The molecule has 3 aliphatic rings. The third-order valence-electron chi connectivity index (χ3n) is 9.32. The fourth-order valence-corrected chi connectivity index (χ4v) is 7.16. The second-order valence-electron chi connectivity index (χ2n) is 12.3. The van der Waals surface area contributed by atoms with Gasteiger partial charge in [-0.2, -0.15) is 0 Å². The van der Waals surface area contributed by atoms with E-state index in [4.69, 9.17) is 9.47 Å². The largest absolute Gasteiger partial charge is 0.463 e. The summed E-state index contributed by atoms with van der Waals surface area (Å²) in [4.78, 5) is 58.4. The number of aliphatic hydroxyl groups excluding tert-OH is 1. The van der Waals surface area contributed by atoms with Crippen LogP contribution in [0.25, 0.3) is 0 Å². The Hall–Kier alpha value is -3.50. The van der Waals surface area contributed by atoms with Crippen LogP contribution < -0.4 is 5.32 Å². The lowest BCUT2D eigenvalue weighted by molar-refractivity contribution is -0.148. The normalized spacial score (nSPS) is 25.5. The molecule has 0 radical (unpaired) electrons. The van der Waals surface area contributed by atoms with Crippen LogP contribution in [0, 0.1) is 11.8 Å². The zero-order valence-corrected chi connectivity index (χ0v) is 26.5. The van der Waals surface area contributed by atoms with Crippen molar-refractivity contribution in [2.45, 2.75) is 88.5 Å². The topological polar surface area (TPSA) is 125 Å². The highest BCUT2D eigenvalue weighted by Crippen LogP contribution is 2.58.